The Bertz CT molecular complexity index is 1380. The molecule has 2 aromatic heterocycles. The maximum atomic E-state index is 12.6. The fourth-order valence-electron chi connectivity index (χ4n) is 3.21. The minimum atomic E-state index is -0.299. The SMILES string of the molecule is O=C(Nc1ccc(-c2nc3ccccc3[nH]2)cc1)c1ccc2nc[nH]c(=O)c2c1. The first-order valence-corrected chi connectivity index (χ1v) is 9.01. The highest BCUT2D eigenvalue weighted by Gasteiger charge is 2.10. The summed E-state index contributed by atoms with van der Waals surface area (Å²) < 4.78 is 0. The first-order chi connectivity index (χ1) is 14.2. The normalized spacial score (nSPS) is 11.0. The molecule has 3 aromatic carbocycles. The van der Waals surface area contributed by atoms with Crippen LogP contribution in [0.3, 0.4) is 0 Å². The first-order valence-electron chi connectivity index (χ1n) is 9.01. The van der Waals surface area contributed by atoms with Gasteiger partial charge in [-0.3, -0.25) is 9.59 Å². The number of aromatic amines is 2. The second kappa shape index (κ2) is 6.72. The van der Waals surface area contributed by atoms with Gasteiger partial charge in [0.25, 0.3) is 11.5 Å². The van der Waals surface area contributed by atoms with Gasteiger partial charge in [-0.2, -0.15) is 0 Å². The molecule has 7 nitrogen and oxygen atoms in total. The van der Waals surface area contributed by atoms with Gasteiger partial charge in [-0.25, -0.2) is 9.97 Å². The van der Waals surface area contributed by atoms with Crippen LogP contribution in [0.25, 0.3) is 33.3 Å². The van der Waals surface area contributed by atoms with E-state index in [1.54, 1.807) is 18.2 Å². The van der Waals surface area contributed by atoms with E-state index in [2.05, 4.69) is 25.3 Å². The van der Waals surface area contributed by atoms with E-state index < -0.39 is 0 Å². The van der Waals surface area contributed by atoms with Gasteiger partial charge in [0.2, 0.25) is 0 Å². The molecule has 7 heteroatoms. The molecule has 0 bridgehead atoms. The monoisotopic (exact) mass is 381 g/mol. The number of fused-ring (bicyclic) bond motifs is 2. The maximum Gasteiger partial charge on any atom is 0.258 e. The van der Waals surface area contributed by atoms with Crippen LogP contribution in [-0.2, 0) is 0 Å². The molecular weight excluding hydrogens is 366 g/mol. The lowest BCUT2D eigenvalue weighted by molar-refractivity contribution is 0.102. The zero-order valence-corrected chi connectivity index (χ0v) is 15.1. The molecule has 5 rings (SSSR count). The number of nitrogens with zero attached hydrogens (tertiary/aromatic N) is 2. The topological polar surface area (TPSA) is 104 Å². The summed E-state index contributed by atoms with van der Waals surface area (Å²) in [6, 6.07) is 20.1. The van der Waals surface area contributed by atoms with Gasteiger partial charge in [0.1, 0.15) is 5.82 Å². The molecule has 29 heavy (non-hydrogen) atoms. The third kappa shape index (κ3) is 3.14. The average molecular weight is 381 g/mol. The van der Waals surface area contributed by atoms with Gasteiger partial charge < -0.3 is 15.3 Å². The molecule has 0 saturated carbocycles. The fourth-order valence-corrected chi connectivity index (χ4v) is 3.21. The Hall–Kier alpha value is -4.26. The van der Waals surface area contributed by atoms with Crippen LogP contribution in [0.2, 0.25) is 0 Å². The van der Waals surface area contributed by atoms with Crippen molar-refractivity contribution in [1.29, 1.82) is 0 Å². The van der Waals surface area contributed by atoms with E-state index in [-0.39, 0.29) is 11.5 Å². The van der Waals surface area contributed by atoms with Crippen molar-refractivity contribution >= 4 is 33.5 Å². The zero-order chi connectivity index (χ0) is 19.8. The summed E-state index contributed by atoms with van der Waals surface area (Å²) in [6.45, 7) is 0. The molecule has 0 aliphatic rings. The molecule has 0 aliphatic carbocycles. The molecule has 3 N–H and O–H groups in total. The molecule has 140 valence electrons. The van der Waals surface area contributed by atoms with Crippen LogP contribution in [-0.4, -0.2) is 25.8 Å². The van der Waals surface area contributed by atoms with E-state index >= 15 is 0 Å². The van der Waals surface area contributed by atoms with Crippen LogP contribution in [0.4, 0.5) is 5.69 Å². The molecule has 5 aromatic rings. The van der Waals surface area contributed by atoms with Crippen molar-refractivity contribution in [1.82, 2.24) is 19.9 Å². The predicted molar refractivity (Wildman–Crippen MR) is 112 cm³/mol. The zero-order valence-electron chi connectivity index (χ0n) is 15.1. The Balaban J connectivity index is 1.38. The lowest BCUT2D eigenvalue weighted by atomic mass is 10.1. The van der Waals surface area contributed by atoms with Crippen LogP contribution < -0.4 is 10.9 Å². The number of imidazole rings is 1. The Morgan fingerprint density at radius 1 is 0.931 bits per heavy atom. The third-order valence-electron chi connectivity index (χ3n) is 4.71. The number of amides is 1. The van der Waals surface area contributed by atoms with Gasteiger partial charge in [0.15, 0.2) is 0 Å². The Kier molecular flexibility index (Phi) is 3.91. The van der Waals surface area contributed by atoms with Crippen molar-refractivity contribution in [2.75, 3.05) is 5.32 Å². The average Bonchev–Trinajstić information content (AvgIpc) is 3.18. The molecule has 0 spiro atoms. The van der Waals surface area contributed by atoms with E-state index in [0.29, 0.717) is 22.2 Å². The van der Waals surface area contributed by atoms with Crippen LogP contribution in [0.5, 0.6) is 0 Å². The van der Waals surface area contributed by atoms with Crippen molar-refractivity contribution in [2.24, 2.45) is 0 Å². The van der Waals surface area contributed by atoms with E-state index in [9.17, 15) is 9.59 Å². The number of benzene rings is 3. The van der Waals surface area contributed by atoms with Crippen molar-refractivity contribution in [3.63, 3.8) is 0 Å². The molecule has 2 heterocycles. The van der Waals surface area contributed by atoms with E-state index in [1.165, 1.54) is 6.33 Å². The standard InChI is InChI=1S/C22H15N5O2/c28-21(14-7-10-17-16(11-14)22(29)24-12-23-17)25-15-8-5-13(6-9-15)20-26-18-3-1-2-4-19(18)27-20/h1-12H,(H,25,28)(H,26,27)(H,23,24,29). The maximum absolute atomic E-state index is 12.6. The van der Waals surface area contributed by atoms with Gasteiger partial charge in [-0.15, -0.1) is 0 Å². The van der Waals surface area contributed by atoms with Gasteiger partial charge in [0, 0.05) is 16.8 Å². The Morgan fingerprint density at radius 2 is 1.76 bits per heavy atom. The Morgan fingerprint density at radius 3 is 2.59 bits per heavy atom. The first kappa shape index (κ1) is 16.9. The largest absolute Gasteiger partial charge is 0.338 e. The minimum absolute atomic E-state index is 0.278. The number of hydrogen-bond donors (Lipinski definition) is 3. The molecule has 1 amide bonds. The number of nitrogens with one attached hydrogen (secondary N) is 3. The minimum Gasteiger partial charge on any atom is -0.338 e. The number of aromatic nitrogens is 4. The molecule has 0 saturated heterocycles. The fraction of sp³-hybridized carbons (Fsp3) is 0. The third-order valence-corrected chi connectivity index (χ3v) is 4.71. The van der Waals surface area contributed by atoms with Crippen LogP contribution in [0, 0.1) is 0 Å². The lowest BCUT2D eigenvalue weighted by Gasteiger charge is -2.07. The quantitative estimate of drug-likeness (QED) is 0.443. The van der Waals surface area contributed by atoms with Crippen LogP contribution >= 0.6 is 0 Å². The summed E-state index contributed by atoms with van der Waals surface area (Å²) in [4.78, 5) is 39.0. The number of para-hydroxylation sites is 2. The van der Waals surface area contributed by atoms with Crippen LogP contribution in [0.15, 0.2) is 77.9 Å². The van der Waals surface area contributed by atoms with Crippen molar-refractivity contribution in [2.45, 2.75) is 0 Å². The van der Waals surface area contributed by atoms with Gasteiger partial charge >= 0.3 is 0 Å². The second-order valence-electron chi connectivity index (χ2n) is 6.60. The van der Waals surface area contributed by atoms with E-state index in [1.807, 2.05) is 48.5 Å². The predicted octanol–water partition coefficient (Wildman–Crippen LogP) is 3.72. The number of carbonyl (C=O) groups is 1. The van der Waals surface area contributed by atoms with E-state index in [0.717, 1.165) is 22.4 Å². The van der Waals surface area contributed by atoms with Crippen LogP contribution in [0.1, 0.15) is 10.4 Å². The highest BCUT2D eigenvalue weighted by atomic mass is 16.1. The molecule has 0 unspecified atom stereocenters. The molecule has 0 fully saturated rings. The highest BCUT2D eigenvalue weighted by molar-refractivity contribution is 6.06. The molecule has 0 atom stereocenters. The Labute approximate surface area is 164 Å². The number of anilines is 1. The summed E-state index contributed by atoms with van der Waals surface area (Å²) >= 11 is 0. The number of rotatable bonds is 3. The summed E-state index contributed by atoms with van der Waals surface area (Å²) in [5, 5.41) is 3.22. The van der Waals surface area contributed by atoms with E-state index in [4.69, 9.17) is 0 Å². The smallest absolute Gasteiger partial charge is 0.258 e. The summed E-state index contributed by atoms with van der Waals surface area (Å²) in [5.74, 6) is 0.469. The summed E-state index contributed by atoms with van der Waals surface area (Å²) in [6.07, 6.45) is 1.34. The number of carbonyl (C=O) groups excluding carboxylic acids is 1. The second-order valence-corrected chi connectivity index (χ2v) is 6.60. The number of hydrogen-bond acceptors (Lipinski definition) is 4. The lowest BCUT2D eigenvalue weighted by Crippen LogP contribution is -2.13. The molecule has 0 radical (unpaired) electrons. The highest BCUT2D eigenvalue weighted by Crippen LogP contribution is 2.22. The van der Waals surface area contributed by atoms with Gasteiger partial charge in [-0.1, -0.05) is 12.1 Å². The van der Waals surface area contributed by atoms with Crippen molar-refractivity contribution in [3.05, 3.63) is 89.0 Å². The summed E-state index contributed by atoms with van der Waals surface area (Å²) in [7, 11) is 0. The van der Waals surface area contributed by atoms with Gasteiger partial charge in [-0.05, 0) is 54.6 Å². The van der Waals surface area contributed by atoms with Gasteiger partial charge in [0.05, 0.1) is 28.3 Å². The van der Waals surface area contributed by atoms with Crippen molar-refractivity contribution in [3.8, 4) is 11.4 Å². The molecule has 0 aliphatic heterocycles. The summed E-state index contributed by atoms with van der Waals surface area (Å²) in [5.41, 5.74) is 4.09. The number of H-pyrrole nitrogens is 2. The van der Waals surface area contributed by atoms with Crippen molar-refractivity contribution < 1.29 is 4.79 Å². The molecular formula is C22H15N5O2.